The van der Waals surface area contributed by atoms with Gasteiger partial charge in [0.1, 0.15) is 11.6 Å². The number of morpholine rings is 1. The number of imidazole rings is 1. The highest BCUT2D eigenvalue weighted by atomic mass is 19.4. The van der Waals surface area contributed by atoms with Gasteiger partial charge in [0.25, 0.3) is 6.43 Å². The van der Waals surface area contributed by atoms with E-state index in [1.54, 1.807) is 30.3 Å². The Bertz CT molecular complexity index is 1250. The zero-order valence-corrected chi connectivity index (χ0v) is 21.7. The van der Waals surface area contributed by atoms with Crippen LogP contribution in [0.15, 0.2) is 30.3 Å². The number of alkyl halides is 5. The molecule has 0 radical (unpaired) electrons. The monoisotopic (exact) mass is 553 g/mol. The van der Waals surface area contributed by atoms with E-state index < -0.39 is 25.0 Å². The maximum Gasteiger partial charge on any atom is 0.401 e. The maximum atomic E-state index is 14.0. The second kappa shape index (κ2) is 11.6. The third-order valence-electron chi connectivity index (χ3n) is 7.46. The molecule has 1 N–H and O–H groups in total. The number of halogens is 5. The van der Waals surface area contributed by atoms with Gasteiger partial charge in [-0.1, -0.05) is 12.1 Å². The molecule has 212 valence electrons. The van der Waals surface area contributed by atoms with Crippen LogP contribution < -0.4 is 10.2 Å². The van der Waals surface area contributed by atoms with Crippen molar-refractivity contribution < 1.29 is 26.7 Å². The van der Waals surface area contributed by atoms with Crippen LogP contribution in [0.4, 0.5) is 33.7 Å². The number of ether oxygens (including phenoxy) is 1. The fourth-order valence-electron chi connectivity index (χ4n) is 5.44. The molecule has 3 aromatic rings. The molecule has 0 atom stereocenters. The zero-order chi connectivity index (χ0) is 27.6. The summed E-state index contributed by atoms with van der Waals surface area (Å²) in [6.07, 6.45) is -4.11. The second-order valence-corrected chi connectivity index (χ2v) is 10.2. The summed E-state index contributed by atoms with van der Waals surface area (Å²) < 4.78 is 73.3. The Morgan fingerprint density at radius 3 is 2.41 bits per heavy atom. The van der Waals surface area contributed by atoms with Gasteiger partial charge < -0.3 is 15.0 Å². The van der Waals surface area contributed by atoms with E-state index >= 15 is 0 Å². The summed E-state index contributed by atoms with van der Waals surface area (Å²) in [5.41, 5.74) is 0.966. The van der Waals surface area contributed by atoms with Gasteiger partial charge in [0.15, 0.2) is 5.82 Å². The van der Waals surface area contributed by atoms with Crippen LogP contribution >= 0.6 is 0 Å². The summed E-state index contributed by atoms with van der Waals surface area (Å²) in [4.78, 5) is 16.9. The van der Waals surface area contributed by atoms with Crippen molar-refractivity contribution >= 4 is 22.8 Å². The first-order chi connectivity index (χ1) is 18.7. The smallest absolute Gasteiger partial charge is 0.378 e. The molecule has 2 aliphatic rings. The Balaban J connectivity index is 1.36. The lowest BCUT2D eigenvalue weighted by Gasteiger charge is -2.35. The van der Waals surface area contributed by atoms with E-state index in [2.05, 4.69) is 20.3 Å². The number of nitrogens with zero attached hydrogens (tertiary/aromatic N) is 6. The minimum atomic E-state index is -4.21. The molecule has 0 spiro atoms. The highest BCUT2D eigenvalue weighted by Gasteiger charge is 2.33. The first-order valence-corrected chi connectivity index (χ1v) is 13.2. The second-order valence-electron chi connectivity index (χ2n) is 10.2. The molecule has 1 saturated heterocycles. The molecule has 2 aromatic heterocycles. The van der Waals surface area contributed by atoms with Crippen LogP contribution in [0.3, 0.4) is 0 Å². The van der Waals surface area contributed by atoms with E-state index in [1.165, 1.54) is 16.5 Å². The van der Waals surface area contributed by atoms with Gasteiger partial charge in [0.2, 0.25) is 5.95 Å². The molecular formula is C26H32F5N7O. The SMILES string of the molecule is CN(CC(F)(F)F)[C@H]1CC[C@H](CNc2nc(N3CCOCC3)cc(-n3c(C(F)F)nc4ccccc43)n2)CC1. The largest absolute Gasteiger partial charge is 0.401 e. The van der Waals surface area contributed by atoms with Gasteiger partial charge in [-0.25, -0.2) is 13.8 Å². The van der Waals surface area contributed by atoms with E-state index in [-0.39, 0.29) is 17.8 Å². The molecule has 0 bridgehead atoms. The summed E-state index contributed by atoms with van der Waals surface area (Å²) in [5, 5.41) is 3.28. The number of para-hydroxylation sites is 2. The van der Waals surface area contributed by atoms with Gasteiger partial charge in [-0.2, -0.15) is 23.1 Å². The molecule has 1 aromatic carbocycles. The third kappa shape index (κ3) is 6.57. The van der Waals surface area contributed by atoms with Crippen molar-refractivity contribution in [2.24, 2.45) is 5.92 Å². The molecule has 0 unspecified atom stereocenters. The number of benzene rings is 1. The van der Waals surface area contributed by atoms with Crippen LogP contribution in [0.25, 0.3) is 16.9 Å². The van der Waals surface area contributed by atoms with Crippen molar-refractivity contribution in [1.29, 1.82) is 0 Å². The number of fused-ring (bicyclic) bond motifs is 1. The highest BCUT2D eigenvalue weighted by molar-refractivity contribution is 5.78. The van der Waals surface area contributed by atoms with Crippen LogP contribution in [-0.2, 0) is 4.74 Å². The number of hydrogen-bond acceptors (Lipinski definition) is 7. The topological polar surface area (TPSA) is 71.3 Å². The Hall–Kier alpha value is -3.06. The fraction of sp³-hybridized carbons (Fsp3) is 0.577. The van der Waals surface area contributed by atoms with E-state index in [0.717, 1.165) is 12.8 Å². The number of hydrogen-bond donors (Lipinski definition) is 1. The molecule has 1 aliphatic carbocycles. The van der Waals surface area contributed by atoms with Gasteiger partial charge in [0, 0.05) is 31.7 Å². The quantitative estimate of drug-likeness (QED) is 0.392. The van der Waals surface area contributed by atoms with Gasteiger partial charge in [0.05, 0.1) is 30.8 Å². The molecule has 1 saturated carbocycles. The van der Waals surface area contributed by atoms with Crippen molar-refractivity contribution in [3.8, 4) is 5.82 Å². The predicted molar refractivity (Wildman–Crippen MR) is 138 cm³/mol. The Labute approximate surface area is 223 Å². The Kier molecular flexibility index (Phi) is 8.17. The van der Waals surface area contributed by atoms with Gasteiger partial charge in [-0.3, -0.25) is 9.47 Å². The van der Waals surface area contributed by atoms with Crippen LogP contribution in [0, 0.1) is 5.92 Å². The molecule has 2 fully saturated rings. The molecular weight excluding hydrogens is 521 g/mol. The number of anilines is 2. The van der Waals surface area contributed by atoms with Gasteiger partial charge >= 0.3 is 6.18 Å². The number of aromatic nitrogens is 4. The molecule has 8 nitrogen and oxygen atoms in total. The van der Waals surface area contributed by atoms with E-state index in [4.69, 9.17) is 4.74 Å². The number of rotatable bonds is 8. The highest BCUT2D eigenvalue weighted by Crippen LogP contribution is 2.31. The van der Waals surface area contributed by atoms with E-state index in [0.29, 0.717) is 68.5 Å². The van der Waals surface area contributed by atoms with Crippen LogP contribution in [0.1, 0.15) is 37.9 Å². The van der Waals surface area contributed by atoms with Gasteiger partial charge in [-0.05, 0) is 50.8 Å². The van der Waals surface area contributed by atoms with Crippen molar-refractivity contribution in [3.05, 3.63) is 36.2 Å². The summed E-state index contributed by atoms with van der Waals surface area (Å²) in [6, 6.07) is 8.52. The lowest BCUT2D eigenvalue weighted by Crippen LogP contribution is -2.41. The van der Waals surface area contributed by atoms with E-state index in [1.807, 2.05) is 4.90 Å². The Morgan fingerprint density at radius 1 is 1.03 bits per heavy atom. The number of nitrogens with one attached hydrogen (secondary N) is 1. The van der Waals surface area contributed by atoms with Crippen molar-refractivity contribution in [1.82, 2.24) is 24.4 Å². The van der Waals surface area contributed by atoms with Crippen LogP contribution in [0.5, 0.6) is 0 Å². The van der Waals surface area contributed by atoms with Crippen molar-refractivity contribution in [2.45, 2.75) is 44.3 Å². The molecule has 0 amide bonds. The average molecular weight is 554 g/mol. The molecule has 3 heterocycles. The summed E-state index contributed by atoms with van der Waals surface area (Å²) in [5.74, 6) is 1.04. The van der Waals surface area contributed by atoms with Crippen molar-refractivity contribution in [3.63, 3.8) is 0 Å². The molecule has 5 rings (SSSR count). The lowest BCUT2D eigenvalue weighted by molar-refractivity contribution is -0.148. The van der Waals surface area contributed by atoms with Crippen LogP contribution in [0.2, 0.25) is 0 Å². The normalized spacial score (nSPS) is 20.8. The Morgan fingerprint density at radius 2 is 1.72 bits per heavy atom. The summed E-state index contributed by atoms with van der Waals surface area (Å²) in [6.45, 7) is 1.91. The lowest BCUT2D eigenvalue weighted by atomic mass is 9.85. The third-order valence-corrected chi connectivity index (χ3v) is 7.46. The van der Waals surface area contributed by atoms with Gasteiger partial charge in [-0.15, -0.1) is 0 Å². The molecule has 39 heavy (non-hydrogen) atoms. The fourth-order valence-corrected chi connectivity index (χ4v) is 5.44. The minimum absolute atomic E-state index is 0.0994. The zero-order valence-electron chi connectivity index (χ0n) is 21.7. The standard InChI is InChI=1S/C26H32F5N7O/c1-36(16-26(29,30)31)18-8-6-17(7-9-18)15-32-25-34-21(37-10-12-39-13-11-37)14-22(35-25)38-20-5-3-2-4-19(20)33-24(38)23(27)28/h2-5,14,17-18,23H,6-13,15-16H2,1H3,(H,32,34,35)/t17-,18-. The van der Waals surface area contributed by atoms with Crippen LogP contribution in [-0.4, -0.2) is 83.1 Å². The maximum absolute atomic E-state index is 14.0. The summed E-state index contributed by atoms with van der Waals surface area (Å²) >= 11 is 0. The minimum Gasteiger partial charge on any atom is -0.378 e. The first-order valence-electron chi connectivity index (χ1n) is 13.2. The van der Waals surface area contributed by atoms with E-state index in [9.17, 15) is 22.0 Å². The average Bonchev–Trinajstić information content (AvgIpc) is 3.32. The predicted octanol–water partition coefficient (Wildman–Crippen LogP) is 5.05. The molecule has 1 aliphatic heterocycles. The first kappa shape index (κ1) is 27.5. The van der Waals surface area contributed by atoms with Crippen molar-refractivity contribution in [2.75, 3.05) is 56.7 Å². The molecule has 13 heteroatoms. The summed E-state index contributed by atoms with van der Waals surface area (Å²) in [7, 11) is 1.52.